The second-order valence-corrected chi connectivity index (χ2v) is 5.30. The SMILES string of the molecule is COc1ccc(CCC(=O)NCc2ccc(OC)cc2OC)cc1. The predicted molar refractivity (Wildman–Crippen MR) is 92.7 cm³/mol. The molecular weight excluding hydrogens is 306 g/mol. The number of nitrogens with one attached hydrogen (secondary N) is 1. The van der Waals surface area contributed by atoms with Crippen LogP contribution in [0.1, 0.15) is 17.5 Å². The summed E-state index contributed by atoms with van der Waals surface area (Å²) >= 11 is 0. The third kappa shape index (κ3) is 4.91. The summed E-state index contributed by atoms with van der Waals surface area (Å²) in [6.45, 7) is 0.425. The van der Waals surface area contributed by atoms with E-state index in [1.807, 2.05) is 36.4 Å². The molecule has 0 fully saturated rings. The largest absolute Gasteiger partial charge is 0.497 e. The normalized spacial score (nSPS) is 10.1. The molecule has 2 aromatic rings. The molecule has 0 aliphatic heterocycles. The molecule has 0 radical (unpaired) electrons. The average Bonchev–Trinajstić information content (AvgIpc) is 2.64. The zero-order valence-electron chi connectivity index (χ0n) is 14.3. The van der Waals surface area contributed by atoms with Crippen LogP contribution in [0.3, 0.4) is 0 Å². The van der Waals surface area contributed by atoms with Crippen molar-refractivity contribution in [1.82, 2.24) is 5.32 Å². The van der Waals surface area contributed by atoms with Crippen molar-refractivity contribution in [3.63, 3.8) is 0 Å². The molecule has 1 amide bonds. The minimum absolute atomic E-state index is 0.00342. The number of aryl methyl sites for hydroxylation is 1. The van der Waals surface area contributed by atoms with Crippen LogP contribution in [0, 0.1) is 0 Å². The van der Waals surface area contributed by atoms with Crippen molar-refractivity contribution in [2.45, 2.75) is 19.4 Å². The number of carbonyl (C=O) groups is 1. The van der Waals surface area contributed by atoms with Gasteiger partial charge in [0.1, 0.15) is 17.2 Å². The molecular formula is C19H23NO4. The van der Waals surface area contributed by atoms with E-state index in [0.29, 0.717) is 25.1 Å². The number of ether oxygens (including phenoxy) is 3. The fraction of sp³-hybridized carbons (Fsp3) is 0.316. The van der Waals surface area contributed by atoms with Gasteiger partial charge in [-0.2, -0.15) is 0 Å². The summed E-state index contributed by atoms with van der Waals surface area (Å²) in [5.41, 5.74) is 2.02. The van der Waals surface area contributed by atoms with Crippen molar-refractivity contribution in [2.75, 3.05) is 21.3 Å². The summed E-state index contributed by atoms with van der Waals surface area (Å²) in [6, 6.07) is 13.3. The Morgan fingerprint density at radius 1 is 0.917 bits per heavy atom. The molecule has 2 aromatic carbocycles. The lowest BCUT2D eigenvalue weighted by Gasteiger charge is -2.11. The lowest BCUT2D eigenvalue weighted by Crippen LogP contribution is -2.23. The van der Waals surface area contributed by atoms with Crippen molar-refractivity contribution in [3.05, 3.63) is 53.6 Å². The maximum Gasteiger partial charge on any atom is 0.220 e. The topological polar surface area (TPSA) is 56.8 Å². The number of hydrogen-bond acceptors (Lipinski definition) is 4. The molecule has 5 nitrogen and oxygen atoms in total. The van der Waals surface area contributed by atoms with Crippen molar-refractivity contribution < 1.29 is 19.0 Å². The Morgan fingerprint density at radius 3 is 2.21 bits per heavy atom. The fourth-order valence-corrected chi connectivity index (χ4v) is 2.33. The highest BCUT2D eigenvalue weighted by Gasteiger charge is 2.07. The number of benzene rings is 2. The zero-order valence-corrected chi connectivity index (χ0v) is 14.3. The minimum Gasteiger partial charge on any atom is -0.497 e. The van der Waals surface area contributed by atoms with Gasteiger partial charge in [0.2, 0.25) is 5.91 Å². The lowest BCUT2D eigenvalue weighted by molar-refractivity contribution is -0.121. The molecule has 0 spiro atoms. The average molecular weight is 329 g/mol. The Balaban J connectivity index is 1.84. The molecule has 0 unspecified atom stereocenters. The number of rotatable bonds is 8. The third-order valence-corrected chi connectivity index (χ3v) is 3.77. The van der Waals surface area contributed by atoms with Crippen molar-refractivity contribution in [3.8, 4) is 17.2 Å². The van der Waals surface area contributed by atoms with E-state index in [2.05, 4.69) is 5.32 Å². The summed E-state index contributed by atoms with van der Waals surface area (Å²) in [5, 5.41) is 2.92. The van der Waals surface area contributed by atoms with Gasteiger partial charge in [-0.25, -0.2) is 0 Å². The lowest BCUT2D eigenvalue weighted by atomic mass is 10.1. The fourth-order valence-electron chi connectivity index (χ4n) is 2.33. The van der Waals surface area contributed by atoms with Crippen LogP contribution in [0.15, 0.2) is 42.5 Å². The molecule has 2 rings (SSSR count). The van der Waals surface area contributed by atoms with Gasteiger partial charge in [0.15, 0.2) is 0 Å². The molecule has 0 saturated heterocycles. The molecule has 0 bridgehead atoms. The van der Waals surface area contributed by atoms with Crippen LogP contribution in [0.2, 0.25) is 0 Å². The van der Waals surface area contributed by atoms with Crippen molar-refractivity contribution in [2.24, 2.45) is 0 Å². The Morgan fingerprint density at radius 2 is 1.58 bits per heavy atom. The Kier molecular flexibility index (Phi) is 6.49. The maximum atomic E-state index is 12.0. The Labute approximate surface area is 142 Å². The van der Waals surface area contributed by atoms with E-state index in [9.17, 15) is 4.79 Å². The molecule has 1 N–H and O–H groups in total. The molecule has 5 heteroatoms. The van der Waals surface area contributed by atoms with Gasteiger partial charge in [0.25, 0.3) is 0 Å². The standard InChI is InChI=1S/C19H23NO4/c1-22-16-8-4-14(5-9-16)6-11-19(21)20-13-15-7-10-17(23-2)12-18(15)24-3/h4-5,7-10,12H,6,11,13H2,1-3H3,(H,20,21). The Hall–Kier alpha value is -2.69. The van der Waals surface area contributed by atoms with Crippen molar-refractivity contribution >= 4 is 5.91 Å². The van der Waals surface area contributed by atoms with Crippen LogP contribution >= 0.6 is 0 Å². The first-order valence-electron chi connectivity index (χ1n) is 7.76. The number of carbonyl (C=O) groups excluding carboxylic acids is 1. The number of hydrogen-bond donors (Lipinski definition) is 1. The van der Waals surface area contributed by atoms with E-state index < -0.39 is 0 Å². The first-order valence-corrected chi connectivity index (χ1v) is 7.76. The summed E-state index contributed by atoms with van der Waals surface area (Å²) in [4.78, 5) is 12.0. The number of methoxy groups -OCH3 is 3. The number of amides is 1. The van der Waals surface area contributed by atoms with Crippen LogP contribution < -0.4 is 19.5 Å². The van der Waals surface area contributed by atoms with Crippen LogP contribution in [0.5, 0.6) is 17.2 Å². The summed E-state index contributed by atoms with van der Waals surface area (Å²) in [6.07, 6.45) is 1.13. The molecule has 0 atom stereocenters. The van der Waals surface area contributed by atoms with E-state index in [1.165, 1.54) is 0 Å². The van der Waals surface area contributed by atoms with E-state index in [1.54, 1.807) is 27.4 Å². The predicted octanol–water partition coefficient (Wildman–Crippen LogP) is 2.96. The van der Waals surface area contributed by atoms with Gasteiger partial charge in [-0.05, 0) is 36.2 Å². The molecule has 0 aliphatic rings. The highest BCUT2D eigenvalue weighted by molar-refractivity contribution is 5.76. The van der Waals surface area contributed by atoms with E-state index in [4.69, 9.17) is 14.2 Å². The van der Waals surface area contributed by atoms with Gasteiger partial charge in [0, 0.05) is 24.6 Å². The second kappa shape index (κ2) is 8.82. The molecule has 0 heterocycles. The van der Waals surface area contributed by atoms with E-state index in [0.717, 1.165) is 22.6 Å². The smallest absolute Gasteiger partial charge is 0.220 e. The van der Waals surface area contributed by atoms with E-state index in [-0.39, 0.29) is 5.91 Å². The first kappa shape index (κ1) is 17.7. The first-order chi connectivity index (χ1) is 11.7. The van der Waals surface area contributed by atoms with Gasteiger partial charge in [-0.1, -0.05) is 12.1 Å². The maximum absolute atomic E-state index is 12.0. The zero-order chi connectivity index (χ0) is 17.4. The third-order valence-electron chi connectivity index (χ3n) is 3.77. The molecule has 0 aromatic heterocycles. The van der Waals surface area contributed by atoms with Gasteiger partial charge in [-0.3, -0.25) is 4.79 Å². The molecule has 128 valence electrons. The van der Waals surface area contributed by atoms with Gasteiger partial charge in [0.05, 0.1) is 21.3 Å². The molecule has 24 heavy (non-hydrogen) atoms. The van der Waals surface area contributed by atoms with Gasteiger partial charge >= 0.3 is 0 Å². The monoisotopic (exact) mass is 329 g/mol. The molecule has 0 saturated carbocycles. The van der Waals surface area contributed by atoms with E-state index >= 15 is 0 Å². The van der Waals surface area contributed by atoms with Gasteiger partial charge < -0.3 is 19.5 Å². The summed E-state index contributed by atoms with van der Waals surface area (Å²) < 4.78 is 15.6. The highest BCUT2D eigenvalue weighted by Crippen LogP contribution is 2.24. The van der Waals surface area contributed by atoms with Crippen LogP contribution in [0.25, 0.3) is 0 Å². The Bertz CT molecular complexity index is 668. The van der Waals surface area contributed by atoms with Crippen LogP contribution in [0.4, 0.5) is 0 Å². The summed E-state index contributed by atoms with van der Waals surface area (Å²) in [5.74, 6) is 2.24. The molecule has 0 aliphatic carbocycles. The van der Waals surface area contributed by atoms with Crippen LogP contribution in [-0.4, -0.2) is 27.2 Å². The minimum atomic E-state index is 0.00342. The van der Waals surface area contributed by atoms with Crippen LogP contribution in [-0.2, 0) is 17.8 Å². The summed E-state index contributed by atoms with van der Waals surface area (Å²) in [7, 11) is 4.84. The van der Waals surface area contributed by atoms with Crippen molar-refractivity contribution in [1.29, 1.82) is 0 Å². The van der Waals surface area contributed by atoms with Gasteiger partial charge in [-0.15, -0.1) is 0 Å². The quantitative estimate of drug-likeness (QED) is 0.809. The highest BCUT2D eigenvalue weighted by atomic mass is 16.5. The second-order valence-electron chi connectivity index (χ2n) is 5.30.